The van der Waals surface area contributed by atoms with E-state index in [-0.39, 0.29) is 24.3 Å². The second-order valence-corrected chi connectivity index (χ2v) is 3.65. The molecule has 0 fully saturated rings. The molecule has 0 bridgehead atoms. The molecule has 84 valence electrons. The normalized spacial score (nSPS) is 14.9. The maximum absolute atomic E-state index is 9.70. The number of pyridine rings is 1. The van der Waals surface area contributed by atoms with Crippen molar-refractivity contribution in [1.29, 1.82) is 0 Å². The number of nitrogen functional groups attached to an aromatic ring is 1. The molecule has 6 N–H and O–H groups in total. The molecule has 6 heteroatoms. The topological polar surface area (TPSA) is 105 Å². The Hall–Kier alpha value is -0.880. The summed E-state index contributed by atoms with van der Waals surface area (Å²) in [6.45, 7) is 0.283. The summed E-state index contributed by atoms with van der Waals surface area (Å²) in [6.07, 6.45) is -0.451. The van der Waals surface area contributed by atoms with Crippen LogP contribution in [-0.2, 0) is 0 Å². The first-order chi connectivity index (χ1) is 7.06. The van der Waals surface area contributed by atoms with E-state index in [9.17, 15) is 10.2 Å². The number of hydrogen-bond acceptors (Lipinski definition) is 5. The van der Waals surface area contributed by atoms with E-state index in [1.807, 2.05) is 0 Å². The molecule has 1 aromatic heterocycles. The summed E-state index contributed by atoms with van der Waals surface area (Å²) in [5.74, 6) is 0. The van der Waals surface area contributed by atoms with Crippen molar-refractivity contribution in [2.24, 2.45) is 5.73 Å². The molecule has 0 spiro atoms. The van der Waals surface area contributed by atoms with E-state index in [1.165, 1.54) is 12.3 Å². The van der Waals surface area contributed by atoms with Crippen LogP contribution in [0.1, 0.15) is 18.2 Å². The first-order valence-electron chi connectivity index (χ1n) is 4.53. The Balaban J connectivity index is 2.86. The Bertz CT molecular complexity index is 335. The van der Waals surface area contributed by atoms with Crippen LogP contribution in [0.5, 0.6) is 0 Å². The number of aliphatic hydroxyl groups is 2. The zero-order chi connectivity index (χ0) is 11.4. The number of halogens is 1. The van der Waals surface area contributed by atoms with Crippen molar-refractivity contribution in [2.75, 3.05) is 12.3 Å². The number of aliphatic hydroxyl groups excluding tert-OH is 2. The summed E-state index contributed by atoms with van der Waals surface area (Å²) >= 11 is 5.66. The second-order valence-electron chi connectivity index (χ2n) is 3.22. The van der Waals surface area contributed by atoms with Crippen molar-refractivity contribution in [2.45, 2.75) is 18.6 Å². The number of aromatic nitrogens is 1. The van der Waals surface area contributed by atoms with Gasteiger partial charge in [0.05, 0.1) is 22.5 Å². The number of nitrogens with two attached hydrogens (primary N) is 2. The van der Waals surface area contributed by atoms with E-state index in [0.717, 1.165) is 0 Å². The van der Waals surface area contributed by atoms with Gasteiger partial charge in [0, 0.05) is 6.20 Å². The Morgan fingerprint density at radius 1 is 1.47 bits per heavy atom. The molecule has 0 saturated heterocycles. The van der Waals surface area contributed by atoms with Gasteiger partial charge in [-0.1, -0.05) is 11.6 Å². The molecule has 1 heterocycles. The first-order valence-corrected chi connectivity index (χ1v) is 4.91. The van der Waals surface area contributed by atoms with Crippen LogP contribution in [0.4, 0.5) is 5.69 Å². The smallest absolute Gasteiger partial charge is 0.124 e. The summed E-state index contributed by atoms with van der Waals surface area (Å²) in [5.41, 5.74) is 11.3. The van der Waals surface area contributed by atoms with E-state index in [1.54, 1.807) is 0 Å². The van der Waals surface area contributed by atoms with Crippen molar-refractivity contribution in [3.05, 3.63) is 23.0 Å². The Kier molecular flexibility index (Phi) is 4.28. The standard InChI is InChI=1S/C9H14ClN3O2/c10-5-3-6(12)8(13-4-5)9(15)7(14)1-2-11/h3-4,7,9,14-15H,1-2,11-12H2. The lowest BCUT2D eigenvalue weighted by Crippen LogP contribution is -2.23. The van der Waals surface area contributed by atoms with Crippen LogP contribution in [0.15, 0.2) is 12.3 Å². The van der Waals surface area contributed by atoms with Crippen LogP contribution < -0.4 is 11.5 Å². The third kappa shape index (κ3) is 3.04. The Morgan fingerprint density at radius 3 is 2.67 bits per heavy atom. The highest BCUT2D eigenvalue weighted by molar-refractivity contribution is 6.30. The molecule has 0 amide bonds. The number of anilines is 1. The zero-order valence-electron chi connectivity index (χ0n) is 8.10. The molecule has 0 radical (unpaired) electrons. The molecular weight excluding hydrogens is 218 g/mol. The second kappa shape index (κ2) is 5.27. The predicted molar refractivity (Wildman–Crippen MR) is 58.3 cm³/mol. The lowest BCUT2D eigenvalue weighted by molar-refractivity contribution is 0.0130. The average Bonchev–Trinajstić information content (AvgIpc) is 2.17. The van der Waals surface area contributed by atoms with E-state index >= 15 is 0 Å². The maximum atomic E-state index is 9.70. The van der Waals surface area contributed by atoms with Gasteiger partial charge in [-0.2, -0.15) is 0 Å². The SMILES string of the molecule is NCCC(O)C(O)c1ncc(Cl)cc1N. The van der Waals surface area contributed by atoms with Gasteiger partial charge in [-0.25, -0.2) is 0 Å². The predicted octanol–water partition coefficient (Wildman–Crippen LogP) is 0.0603. The molecule has 2 atom stereocenters. The summed E-state index contributed by atoms with van der Waals surface area (Å²) < 4.78 is 0. The summed E-state index contributed by atoms with van der Waals surface area (Å²) in [5, 5.41) is 19.6. The fraction of sp³-hybridized carbons (Fsp3) is 0.444. The zero-order valence-corrected chi connectivity index (χ0v) is 8.85. The van der Waals surface area contributed by atoms with E-state index in [4.69, 9.17) is 23.1 Å². The molecule has 0 aromatic carbocycles. The molecule has 1 rings (SSSR count). The van der Waals surface area contributed by atoms with Gasteiger partial charge in [0.1, 0.15) is 6.10 Å². The van der Waals surface area contributed by atoms with E-state index in [0.29, 0.717) is 5.02 Å². The van der Waals surface area contributed by atoms with Gasteiger partial charge < -0.3 is 21.7 Å². The number of nitrogens with zero attached hydrogens (tertiary/aromatic N) is 1. The molecule has 15 heavy (non-hydrogen) atoms. The highest BCUT2D eigenvalue weighted by Gasteiger charge is 2.21. The van der Waals surface area contributed by atoms with Crippen molar-refractivity contribution >= 4 is 17.3 Å². The van der Waals surface area contributed by atoms with Crippen molar-refractivity contribution < 1.29 is 10.2 Å². The Labute approximate surface area is 92.7 Å². The minimum absolute atomic E-state index is 0.223. The third-order valence-corrected chi connectivity index (χ3v) is 2.23. The molecule has 0 aliphatic heterocycles. The minimum Gasteiger partial charge on any atom is -0.397 e. The van der Waals surface area contributed by atoms with Crippen molar-refractivity contribution in [3.8, 4) is 0 Å². The summed E-state index contributed by atoms with van der Waals surface area (Å²) in [4.78, 5) is 3.87. The van der Waals surface area contributed by atoms with E-state index in [2.05, 4.69) is 4.98 Å². The van der Waals surface area contributed by atoms with Gasteiger partial charge in [0.15, 0.2) is 0 Å². The lowest BCUT2D eigenvalue weighted by atomic mass is 10.1. The fourth-order valence-corrected chi connectivity index (χ4v) is 1.39. The van der Waals surface area contributed by atoms with Crippen molar-refractivity contribution in [3.63, 3.8) is 0 Å². The average molecular weight is 232 g/mol. The van der Waals surface area contributed by atoms with Gasteiger partial charge in [-0.3, -0.25) is 4.98 Å². The minimum atomic E-state index is -1.13. The maximum Gasteiger partial charge on any atom is 0.124 e. The molecular formula is C9H14ClN3O2. The van der Waals surface area contributed by atoms with E-state index < -0.39 is 12.2 Å². The number of rotatable bonds is 4. The quantitative estimate of drug-likeness (QED) is 0.587. The Morgan fingerprint density at radius 2 is 2.13 bits per heavy atom. The molecule has 0 saturated carbocycles. The largest absolute Gasteiger partial charge is 0.397 e. The van der Waals surface area contributed by atoms with Gasteiger partial charge in [0.2, 0.25) is 0 Å². The lowest BCUT2D eigenvalue weighted by Gasteiger charge is -2.17. The van der Waals surface area contributed by atoms with Gasteiger partial charge >= 0.3 is 0 Å². The molecule has 1 aromatic rings. The van der Waals surface area contributed by atoms with Crippen LogP contribution >= 0.6 is 11.6 Å². The highest BCUT2D eigenvalue weighted by Crippen LogP contribution is 2.24. The van der Waals surface area contributed by atoms with Crippen LogP contribution in [0.3, 0.4) is 0 Å². The third-order valence-electron chi connectivity index (χ3n) is 2.02. The van der Waals surface area contributed by atoms with Gasteiger partial charge in [-0.15, -0.1) is 0 Å². The fourth-order valence-electron chi connectivity index (χ4n) is 1.22. The monoisotopic (exact) mass is 231 g/mol. The van der Waals surface area contributed by atoms with Crippen LogP contribution in [0.2, 0.25) is 5.02 Å². The van der Waals surface area contributed by atoms with Gasteiger partial charge in [-0.05, 0) is 19.0 Å². The summed E-state index contributed by atoms with van der Waals surface area (Å²) in [6, 6.07) is 1.47. The van der Waals surface area contributed by atoms with Crippen LogP contribution in [-0.4, -0.2) is 27.8 Å². The van der Waals surface area contributed by atoms with Crippen LogP contribution in [0, 0.1) is 0 Å². The first kappa shape index (κ1) is 12.2. The van der Waals surface area contributed by atoms with Crippen molar-refractivity contribution in [1.82, 2.24) is 4.98 Å². The molecule has 5 nitrogen and oxygen atoms in total. The summed E-state index contributed by atoms with van der Waals surface area (Å²) in [7, 11) is 0. The highest BCUT2D eigenvalue weighted by atomic mass is 35.5. The number of hydrogen-bond donors (Lipinski definition) is 4. The molecule has 2 unspecified atom stereocenters. The van der Waals surface area contributed by atoms with Gasteiger partial charge in [0.25, 0.3) is 0 Å². The van der Waals surface area contributed by atoms with Crippen LogP contribution in [0.25, 0.3) is 0 Å². The molecule has 0 aliphatic carbocycles. The molecule has 0 aliphatic rings.